The van der Waals surface area contributed by atoms with Gasteiger partial charge in [-0.25, -0.2) is 13.4 Å². The lowest BCUT2D eigenvalue weighted by Crippen LogP contribution is -2.36. The molecule has 0 amide bonds. The highest BCUT2D eigenvalue weighted by Crippen LogP contribution is 2.32. The van der Waals surface area contributed by atoms with E-state index in [2.05, 4.69) is 20.6 Å². The zero-order valence-electron chi connectivity index (χ0n) is 12.0. The Balaban J connectivity index is 2.43. The Hall–Kier alpha value is -1.97. The van der Waals surface area contributed by atoms with E-state index in [9.17, 15) is 18.5 Å². The van der Waals surface area contributed by atoms with Crippen molar-refractivity contribution in [3.8, 4) is 0 Å². The molecule has 116 valence electrons. The van der Waals surface area contributed by atoms with Crippen molar-refractivity contribution in [3.05, 3.63) is 15.8 Å². The van der Waals surface area contributed by atoms with E-state index in [0.717, 1.165) is 0 Å². The third-order valence-corrected chi connectivity index (χ3v) is 5.29. The van der Waals surface area contributed by atoms with E-state index < -0.39 is 20.3 Å². The van der Waals surface area contributed by atoms with Crippen LogP contribution in [0.2, 0.25) is 0 Å². The van der Waals surface area contributed by atoms with Gasteiger partial charge in [-0.2, -0.15) is 4.98 Å². The third kappa shape index (κ3) is 3.20. The molecule has 21 heavy (non-hydrogen) atoms. The van der Waals surface area contributed by atoms with Gasteiger partial charge in [0.1, 0.15) is 5.69 Å². The van der Waals surface area contributed by atoms with Gasteiger partial charge in [-0.1, -0.05) is 0 Å². The zero-order chi connectivity index (χ0) is 15.8. The Morgan fingerprint density at radius 3 is 2.52 bits per heavy atom. The smallest absolute Gasteiger partial charge is 0.332 e. The average molecular weight is 315 g/mol. The molecule has 0 saturated carbocycles. The summed E-state index contributed by atoms with van der Waals surface area (Å²) < 4.78 is 23.3. The van der Waals surface area contributed by atoms with Crippen LogP contribution in [0.5, 0.6) is 0 Å². The molecular formula is C11H17N5O4S. The molecule has 1 fully saturated rings. The normalized spacial score (nSPS) is 23.8. The van der Waals surface area contributed by atoms with Gasteiger partial charge in [-0.3, -0.25) is 10.1 Å². The first-order valence-corrected chi connectivity index (χ1v) is 8.17. The van der Waals surface area contributed by atoms with Crippen molar-refractivity contribution in [1.82, 2.24) is 9.97 Å². The monoisotopic (exact) mass is 315 g/mol. The molecule has 1 aromatic heterocycles. The summed E-state index contributed by atoms with van der Waals surface area (Å²) >= 11 is 0. The third-order valence-electron chi connectivity index (χ3n) is 3.39. The Morgan fingerprint density at radius 2 is 2.05 bits per heavy atom. The summed E-state index contributed by atoms with van der Waals surface area (Å²) in [5, 5.41) is 16.8. The van der Waals surface area contributed by atoms with Crippen LogP contribution in [0.4, 0.5) is 17.5 Å². The molecule has 0 spiro atoms. The standard InChI is InChI=1S/C11H17N5O4S/c1-7-8(16(17)18)9(14-10(12-3)13-7)15-11(2)4-5-21(19,20)6-11/h4-6H2,1-3H3,(H2,12,13,14,15). The maximum atomic E-state index is 11.6. The van der Waals surface area contributed by atoms with E-state index in [-0.39, 0.29) is 34.7 Å². The number of aromatic nitrogens is 2. The Kier molecular flexibility index (Phi) is 3.74. The van der Waals surface area contributed by atoms with Gasteiger partial charge in [0, 0.05) is 7.05 Å². The number of anilines is 2. The molecule has 1 unspecified atom stereocenters. The highest BCUT2D eigenvalue weighted by atomic mass is 32.2. The van der Waals surface area contributed by atoms with Crippen LogP contribution in [0.15, 0.2) is 0 Å². The van der Waals surface area contributed by atoms with E-state index in [1.54, 1.807) is 14.0 Å². The first kappa shape index (κ1) is 15.4. The largest absolute Gasteiger partial charge is 0.358 e. The SMILES string of the molecule is CNc1nc(C)c([N+](=O)[O-])c(NC2(C)CCS(=O)(=O)C2)n1. The molecule has 1 aromatic rings. The van der Waals surface area contributed by atoms with Crippen molar-refractivity contribution in [2.24, 2.45) is 0 Å². The number of hydrogen-bond acceptors (Lipinski definition) is 8. The number of sulfone groups is 1. The zero-order valence-corrected chi connectivity index (χ0v) is 12.8. The number of nitro groups is 1. The summed E-state index contributed by atoms with van der Waals surface area (Å²) in [6, 6.07) is 0. The molecule has 1 aliphatic heterocycles. The molecular weight excluding hydrogens is 298 g/mol. The van der Waals surface area contributed by atoms with E-state index in [4.69, 9.17) is 0 Å². The van der Waals surface area contributed by atoms with Crippen LogP contribution in [-0.2, 0) is 9.84 Å². The maximum absolute atomic E-state index is 11.6. The number of aryl methyl sites for hydroxylation is 1. The topological polar surface area (TPSA) is 127 Å². The minimum Gasteiger partial charge on any atom is -0.358 e. The summed E-state index contributed by atoms with van der Waals surface area (Å²) in [5.74, 6) is 0.268. The second-order valence-electron chi connectivity index (χ2n) is 5.36. The van der Waals surface area contributed by atoms with Gasteiger partial charge in [0.15, 0.2) is 9.84 Å². The molecule has 1 saturated heterocycles. The quantitative estimate of drug-likeness (QED) is 0.614. The lowest BCUT2D eigenvalue weighted by molar-refractivity contribution is -0.385. The van der Waals surface area contributed by atoms with Gasteiger partial charge in [0.05, 0.1) is 22.0 Å². The first-order valence-electron chi connectivity index (χ1n) is 6.35. The van der Waals surface area contributed by atoms with E-state index in [1.807, 2.05) is 0 Å². The fraction of sp³-hybridized carbons (Fsp3) is 0.636. The average Bonchev–Trinajstić information content (AvgIpc) is 2.61. The van der Waals surface area contributed by atoms with Gasteiger partial charge in [-0.05, 0) is 20.3 Å². The number of nitrogens with one attached hydrogen (secondary N) is 2. The number of nitrogens with zero attached hydrogens (tertiary/aromatic N) is 3. The number of rotatable bonds is 4. The van der Waals surface area contributed by atoms with Crippen molar-refractivity contribution in [3.63, 3.8) is 0 Å². The molecule has 0 radical (unpaired) electrons. The molecule has 0 aromatic carbocycles. The molecule has 0 aliphatic carbocycles. The summed E-state index contributed by atoms with van der Waals surface area (Å²) in [5.41, 5.74) is -0.791. The predicted molar refractivity (Wildman–Crippen MR) is 78.3 cm³/mol. The van der Waals surface area contributed by atoms with Crippen LogP contribution in [0.3, 0.4) is 0 Å². The second-order valence-corrected chi connectivity index (χ2v) is 7.55. The molecule has 1 atom stereocenters. The minimum atomic E-state index is -3.12. The van der Waals surface area contributed by atoms with Crippen molar-refractivity contribution in [2.45, 2.75) is 25.8 Å². The van der Waals surface area contributed by atoms with Crippen molar-refractivity contribution >= 4 is 27.3 Å². The van der Waals surface area contributed by atoms with Gasteiger partial charge >= 0.3 is 5.69 Å². The Morgan fingerprint density at radius 1 is 1.38 bits per heavy atom. The highest BCUT2D eigenvalue weighted by Gasteiger charge is 2.40. The fourth-order valence-electron chi connectivity index (χ4n) is 2.38. The first-order chi connectivity index (χ1) is 9.66. The van der Waals surface area contributed by atoms with Crippen LogP contribution >= 0.6 is 0 Å². The second kappa shape index (κ2) is 5.10. The highest BCUT2D eigenvalue weighted by molar-refractivity contribution is 7.91. The molecule has 1 aliphatic rings. The van der Waals surface area contributed by atoms with Crippen molar-refractivity contribution in [2.75, 3.05) is 29.2 Å². The van der Waals surface area contributed by atoms with Gasteiger partial charge < -0.3 is 10.6 Å². The Bertz CT molecular complexity index is 690. The van der Waals surface area contributed by atoms with Gasteiger partial charge in [0.2, 0.25) is 11.8 Å². The molecule has 9 nitrogen and oxygen atoms in total. The molecule has 2 heterocycles. The summed E-state index contributed by atoms with van der Waals surface area (Å²) in [4.78, 5) is 18.7. The van der Waals surface area contributed by atoms with Crippen LogP contribution in [0.1, 0.15) is 19.0 Å². The van der Waals surface area contributed by atoms with Crippen molar-refractivity contribution < 1.29 is 13.3 Å². The predicted octanol–water partition coefficient (Wildman–Crippen LogP) is 0.724. The molecule has 2 rings (SSSR count). The van der Waals surface area contributed by atoms with Crippen LogP contribution in [0, 0.1) is 17.0 Å². The summed E-state index contributed by atoms with van der Waals surface area (Å²) in [6.45, 7) is 3.23. The van der Waals surface area contributed by atoms with Crippen LogP contribution < -0.4 is 10.6 Å². The number of hydrogen-bond donors (Lipinski definition) is 2. The lowest BCUT2D eigenvalue weighted by Gasteiger charge is -2.24. The summed E-state index contributed by atoms with van der Waals surface area (Å²) in [7, 11) is -1.52. The van der Waals surface area contributed by atoms with E-state index >= 15 is 0 Å². The van der Waals surface area contributed by atoms with Gasteiger partial charge in [-0.15, -0.1) is 0 Å². The minimum absolute atomic E-state index is 0.0384. The van der Waals surface area contributed by atoms with Crippen molar-refractivity contribution in [1.29, 1.82) is 0 Å². The molecule has 0 bridgehead atoms. The Labute approximate surface area is 122 Å². The molecule has 2 N–H and O–H groups in total. The van der Waals surface area contributed by atoms with E-state index in [0.29, 0.717) is 6.42 Å². The maximum Gasteiger partial charge on any atom is 0.332 e. The van der Waals surface area contributed by atoms with Gasteiger partial charge in [0.25, 0.3) is 0 Å². The fourth-order valence-corrected chi connectivity index (χ4v) is 4.47. The molecule has 10 heteroatoms. The van der Waals surface area contributed by atoms with Crippen LogP contribution in [-0.4, -0.2) is 47.4 Å². The lowest BCUT2D eigenvalue weighted by atomic mass is 10.0. The van der Waals surface area contributed by atoms with Crippen LogP contribution in [0.25, 0.3) is 0 Å². The van der Waals surface area contributed by atoms with E-state index in [1.165, 1.54) is 6.92 Å². The summed E-state index contributed by atoms with van der Waals surface area (Å²) in [6.07, 6.45) is 0.379.